The van der Waals surface area contributed by atoms with Crippen LogP contribution in [0.4, 0.5) is 5.69 Å². The lowest BCUT2D eigenvalue weighted by molar-refractivity contribution is 0.392. The number of nitrogens with zero attached hydrogens (tertiary/aromatic N) is 1. The molecule has 0 aliphatic carbocycles. The smallest absolute Gasteiger partial charge is 0.265 e. The van der Waals surface area contributed by atoms with Crippen LogP contribution in [0.25, 0.3) is 0 Å². The van der Waals surface area contributed by atoms with Crippen molar-refractivity contribution in [3.8, 4) is 17.2 Å². The molecule has 0 fully saturated rings. The second-order valence-electron chi connectivity index (χ2n) is 6.07. The van der Waals surface area contributed by atoms with Crippen LogP contribution in [0.1, 0.15) is 13.8 Å². The summed E-state index contributed by atoms with van der Waals surface area (Å²) < 4.78 is 70.9. The predicted molar refractivity (Wildman–Crippen MR) is 113 cm³/mol. The molecule has 0 saturated heterocycles. The molecule has 0 heterocycles. The average molecular weight is 459 g/mol. The molecule has 11 heteroatoms. The van der Waals surface area contributed by atoms with Crippen LogP contribution in [0.3, 0.4) is 0 Å². The Morgan fingerprint density at radius 1 is 0.833 bits per heavy atom. The van der Waals surface area contributed by atoms with Crippen LogP contribution >= 0.6 is 0 Å². The molecule has 2 aromatic rings. The van der Waals surface area contributed by atoms with Crippen molar-refractivity contribution in [2.24, 2.45) is 0 Å². The van der Waals surface area contributed by atoms with Crippen molar-refractivity contribution in [3.05, 3.63) is 36.4 Å². The van der Waals surface area contributed by atoms with Crippen LogP contribution in [0.15, 0.2) is 46.2 Å². The van der Waals surface area contributed by atoms with Gasteiger partial charge in [0.1, 0.15) is 22.1 Å². The summed E-state index contributed by atoms with van der Waals surface area (Å²) in [5, 5.41) is 0. The van der Waals surface area contributed by atoms with Crippen LogP contribution in [0.2, 0.25) is 0 Å². The molecule has 0 aromatic heterocycles. The van der Waals surface area contributed by atoms with Gasteiger partial charge >= 0.3 is 0 Å². The maximum absolute atomic E-state index is 13.1. The van der Waals surface area contributed by atoms with Crippen LogP contribution in [-0.2, 0) is 20.0 Å². The molecule has 0 amide bonds. The third-order valence-corrected chi connectivity index (χ3v) is 7.85. The second kappa shape index (κ2) is 9.54. The van der Waals surface area contributed by atoms with Crippen molar-refractivity contribution < 1.29 is 31.0 Å². The van der Waals surface area contributed by atoms with Crippen molar-refractivity contribution >= 4 is 25.7 Å². The molecule has 0 unspecified atom stereocenters. The molecule has 0 spiro atoms. The molecule has 1 N–H and O–H groups in total. The fraction of sp³-hybridized carbons (Fsp3) is 0.368. The number of nitrogens with one attached hydrogen (secondary N) is 1. The van der Waals surface area contributed by atoms with E-state index in [4.69, 9.17) is 14.2 Å². The molecule has 0 aliphatic rings. The molecule has 0 saturated carbocycles. The van der Waals surface area contributed by atoms with Gasteiger partial charge in [-0.2, -0.15) is 4.31 Å². The summed E-state index contributed by atoms with van der Waals surface area (Å²) >= 11 is 0. The fourth-order valence-corrected chi connectivity index (χ4v) is 5.56. The van der Waals surface area contributed by atoms with E-state index in [2.05, 4.69) is 4.72 Å². The largest absolute Gasteiger partial charge is 0.497 e. The van der Waals surface area contributed by atoms with Crippen molar-refractivity contribution in [1.82, 2.24) is 4.31 Å². The molecular formula is C19H26N2O7S2. The first-order valence-corrected chi connectivity index (χ1v) is 12.0. The number of anilines is 1. The summed E-state index contributed by atoms with van der Waals surface area (Å²) in [5.74, 6) is 0.592. The monoisotopic (exact) mass is 458 g/mol. The lowest BCUT2D eigenvalue weighted by atomic mass is 10.3. The zero-order valence-corrected chi connectivity index (χ0v) is 19.1. The normalized spacial score (nSPS) is 11.9. The minimum absolute atomic E-state index is 0.0180. The van der Waals surface area contributed by atoms with Crippen LogP contribution in [0.5, 0.6) is 17.2 Å². The van der Waals surface area contributed by atoms with E-state index >= 15 is 0 Å². The van der Waals surface area contributed by atoms with Gasteiger partial charge in [-0.15, -0.1) is 0 Å². The Morgan fingerprint density at radius 2 is 1.43 bits per heavy atom. The Bertz CT molecular complexity index is 1100. The average Bonchev–Trinajstić information content (AvgIpc) is 2.73. The molecule has 30 heavy (non-hydrogen) atoms. The van der Waals surface area contributed by atoms with Gasteiger partial charge in [-0.05, 0) is 30.3 Å². The van der Waals surface area contributed by atoms with E-state index in [1.807, 2.05) is 0 Å². The molecule has 0 bridgehead atoms. The fourth-order valence-electron chi connectivity index (χ4n) is 2.83. The lowest BCUT2D eigenvalue weighted by Gasteiger charge is -2.20. The van der Waals surface area contributed by atoms with E-state index in [0.29, 0.717) is 5.75 Å². The standard InChI is InChI=1S/C19H26N2O7S2/c1-6-21(7-2)30(24,25)15-9-11-17(27-4)16(13-15)20-29(22,23)19-12-14(26-3)8-10-18(19)28-5/h8-13,20H,6-7H2,1-5H3. The Morgan fingerprint density at radius 3 is 1.97 bits per heavy atom. The maximum atomic E-state index is 13.1. The van der Waals surface area contributed by atoms with Gasteiger partial charge in [0.2, 0.25) is 10.0 Å². The van der Waals surface area contributed by atoms with E-state index in [1.165, 1.54) is 56.0 Å². The van der Waals surface area contributed by atoms with Crippen LogP contribution in [-0.4, -0.2) is 55.6 Å². The van der Waals surface area contributed by atoms with Crippen molar-refractivity contribution in [2.75, 3.05) is 39.1 Å². The maximum Gasteiger partial charge on any atom is 0.265 e. The topological polar surface area (TPSA) is 111 Å². The van der Waals surface area contributed by atoms with Gasteiger partial charge in [0.05, 0.1) is 31.9 Å². The van der Waals surface area contributed by atoms with Crippen LogP contribution < -0.4 is 18.9 Å². The summed E-state index contributed by atoms with van der Waals surface area (Å²) in [5.41, 5.74) is -0.0180. The molecule has 166 valence electrons. The highest BCUT2D eigenvalue weighted by molar-refractivity contribution is 7.93. The Balaban J connectivity index is 2.57. The van der Waals surface area contributed by atoms with Gasteiger partial charge < -0.3 is 14.2 Å². The quantitative estimate of drug-likeness (QED) is 0.582. The highest BCUT2D eigenvalue weighted by Crippen LogP contribution is 2.34. The number of benzene rings is 2. The van der Waals surface area contributed by atoms with Crippen LogP contribution in [0, 0.1) is 0 Å². The van der Waals surface area contributed by atoms with E-state index in [9.17, 15) is 16.8 Å². The van der Waals surface area contributed by atoms with Gasteiger partial charge in [-0.3, -0.25) is 4.72 Å². The van der Waals surface area contributed by atoms with Gasteiger partial charge in [0, 0.05) is 19.2 Å². The predicted octanol–water partition coefficient (Wildman–Crippen LogP) is 2.54. The number of hydrogen-bond acceptors (Lipinski definition) is 7. The van der Waals surface area contributed by atoms with E-state index in [0.717, 1.165) is 0 Å². The Kier molecular flexibility index (Phi) is 7.56. The first-order chi connectivity index (χ1) is 14.1. The van der Waals surface area contributed by atoms with Gasteiger partial charge in [-0.1, -0.05) is 13.8 Å². The first-order valence-electron chi connectivity index (χ1n) is 9.07. The number of hydrogen-bond donors (Lipinski definition) is 1. The van der Waals surface area contributed by atoms with Crippen molar-refractivity contribution in [1.29, 1.82) is 0 Å². The SMILES string of the molecule is CCN(CC)S(=O)(=O)c1ccc(OC)c(NS(=O)(=O)c2cc(OC)ccc2OC)c1. The summed E-state index contributed by atoms with van der Waals surface area (Å²) in [7, 11) is -3.83. The third-order valence-electron chi connectivity index (χ3n) is 4.42. The van der Waals surface area contributed by atoms with Gasteiger partial charge in [0.15, 0.2) is 0 Å². The third kappa shape index (κ3) is 4.79. The number of rotatable bonds is 10. The summed E-state index contributed by atoms with van der Waals surface area (Å²) in [6.45, 7) is 4.02. The molecule has 2 aromatic carbocycles. The van der Waals surface area contributed by atoms with Crippen molar-refractivity contribution in [2.45, 2.75) is 23.6 Å². The summed E-state index contributed by atoms with van der Waals surface area (Å²) in [6.07, 6.45) is 0. The Hall–Kier alpha value is -2.50. The van der Waals surface area contributed by atoms with Gasteiger partial charge in [-0.25, -0.2) is 16.8 Å². The zero-order valence-electron chi connectivity index (χ0n) is 17.5. The number of methoxy groups -OCH3 is 3. The Labute approximate surface area is 177 Å². The zero-order chi connectivity index (χ0) is 22.5. The van der Waals surface area contributed by atoms with Gasteiger partial charge in [0.25, 0.3) is 10.0 Å². The first kappa shape index (κ1) is 23.8. The molecule has 0 aliphatic heterocycles. The summed E-state index contributed by atoms with van der Waals surface area (Å²) in [4.78, 5) is -0.217. The molecule has 9 nitrogen and oxygen atoms in total. The number of ether oxygens (including phenoxy) is 3. The highest BCUT2D eigenvalue weighted by atomic mass is 32.2. The van der Waals surface area contributed by atoms with E-state index in [-0.39, 0.29) is 40.1 Å². The van der Waals surface area contributed by atoms with Crippen molar-refractivity contribution in [3.63, 3.8) is 0 Å². The molecule has 0 atom stereocenters. The molecular weight excluding hydrogens is 432 g/mol. The molecule has 0 radical (unpaired) electrons. The number of sulfonamides is 2. The van der Waals surface area contributed by atoms with E-state index in [1.54, 1.807) is 19.9 Å². The van der Waals surface area contributed by atoms with E-state index < -0.39 is 20.0 Å². The highest BCUT2D eigenvalue weighted by Gasteiger charge is 2.26. The lowest BCUT2D eigenvalue weighted by Crippen LogP contribution is -2.30. The minimum atomic E-state index is -4.16. The minimum Gasteiger partial charge on any atom is -0.497 e. The second-order valence-corrected chi connectivity index (χ2v) is 9.66. The molecule has 2 rings (SSSR count). The summed E-state index contributed by atoms with van der Waals surface area (Å²) in [6, 6.07) is 8.34.